The number of benzene rings is 1. The molecule has 0 amide bonds. The molecule has 1 N–H and O–H groups in total. The van der Waals surface area contributed by atoms with Crippen LogP contribution in [0.4, 0.5) is 0 Å². The van der Waals surface area contributed by atoms with Gasteiger partial charge < -0.3 is 5.32 Å². The van der Waals surface area contributed by atoms with Crippen molar-refractivity contribution in [1.82, 2.24) is 5.32 Å². The monoisotopic (exact) mass is 281 g/mol. The van der Waals surface area contributed by atoms with E-state index < -0.39 is 0 Å². The van der Waals surface area contributed by atoms with Crippen molar-refractivity contribution in [2.45, 2.75) is 26.7 Å². The predicted octanol–water partition coefficient (Wildman–Crippen LogP) is 3.63. The van der Waals surface area contributed by atoms with Gasteiger partial charge in [0.15, 0.2) is 0 Å². The minimum Gasteiger partial charge on any atom is -0.316 e. The van der Waals surface area contributed by atoms with Crippen molar-refractivity contribution in [1.29, 1.82) is 0 Å². The van der Waals surface area contributed by atoms with Gasteiger partial charge in [-0.25, -0.2) is 0 Å². The first-order valence-electron chi connectivity index (χ1n) is 6.05. The molecule has 0 atom stereocenters. The summed E-state index contributed by atoms with van der Waals surface area (Å²) in [5, 5.41) is 3.43. The molecule has 0 bridgehead atoms. The maximum absolute atomic E-state index is 3.54. The average Bonchev–Trinajstić information content (AvgIpc) is 2.13. The smallest absolute Gasteiger partial charge is 0.0177 e. The molecule has 0 aliphatic carbocycles. The molecular weight excluding hydrogens is 262 g/mol. The van der Waals surface area contributed by atoms with E-state index in [-0.39, 0.29) is 0 Å². The van der Waals surface area contributed by atoms with Crippen LogP contribution < -0.4 is 5.32 Å². The molecule has 2 heteroatoms. The second-order valence-electron chi connectivity index (χ2n) is 5.51. The highest BCUT2D eigenvalue weighted by atomic mass is 79.9. The van der Waals surface area contributed by atoms with Crippen LogP contribution in [0.1, 0.15) is 25.8 Å². The number of hydrogen-bond acceptors (Lipinski definition) is 1. The highest BCUT2D eigenvalue weighted by Gasteiger charge is 2.37. The van der Waals surface area contributed by atoms with Crippen LogP contribution in [0.5, 0.6) is 0 Å². The molecule has 0 radical (unpaired) electrons. The largest absolute Gasteiger partial charge is 0.316 e. The number of hydrogen-bond donors (Lipinski definition) is 1. The zero-order valence-corrected chi connectivity index (χ0v) is 11.7. The van der Waals surface area contributed by atoms with E-state index >= 15 is 0 Å². The van der Waals surface area contributed by atoms with Gasteiger partial charge in [0.05, 0.1) is 0 Å². The van der Waals surface area contributed by atoms with Gasteiger partial charge in [-0.2, -0.15) is 0 Å². The zero-order valence-electron chi connectivity index (χ0n) is 10.1. The first-order chi connectivity index (χ1) is 7.60. The van der Waals surface area contributed by atoms with E-state index in [4.69, 9.17) is 0 Å². The summed E-state index contributed by atoms with van der Waals surface area (Å²) in [5.41, 5.74) is 1.96. The van der Waals surface area contributed by atoms with Gasteiger partial charge in [-0.1, -0.05) is 41.9 Å². The van der Waals surface area contributed by atoms with Crippen molar-refractivity contribution in [2.24, 2.45) is 11.3 Å². The van der Waals surface area contributed by atoms with Gasteiger partial charge in [0.1, 0.15) is 0 Å². The lowest BCUT2D eigenvalue weighted by Crippen LogP contribution is -2.55. The van der Waals surface area contributed by atoms with Crippen LogP contribution in [0.25, 0.3) is 0 Å². The van der Waals surface area contributed by atoms with Crippen molar-refractivity contribution >= 4 is 15.9 Å². The Morgan fingerprint density at radius 2 is 2.12 bits per heavy atom. The summed E-state index contributed by atoms with van der Waals surface area (Å²) in [6.45, 7) is 7.00. The van der Waals surface area contributed by atoms with Crippen LogP contribution in [0.2, 0.25) is 0 Å². The third kappa shape index (κ3) is 2.86. The molecule has 0 spiro atoms. The molecule has 1 nitrogen and oxygen atoms in total. The minimum atomic E-state index is 0.509. The molecule has 0 unspecified atom stereocenters. The molecule has 1 fully saturated rings. The fourth-order valence-electron chi connectivity index (χ4n) is 2.77. The van der Waals surface area contributed by atoms with Gasteiger partial charge in [0, 0.05) is 17.6 Å². The summed E-state index contributed by atoms with van der Waals surface area (Å²) < 4.78 is 1.19. The molecule has 0 saturated carbocycles. The van der Waals surface area contributed by atoms with Crippen molar-refractivity contribution in [3.8, 4) is 0 Å². The van der Waals surface area contributed by atoms with Crippen LogP contribution >= 0.6 is 15.9 Å². The Kier molecular flexibility index (Phi) is 3.70. The Bertz CT molecular complexity index is 356. The van der Waals surface area contributed by atoms with Crippen LogP contribution in [0.3, 0.4) is 0 Å². The molecule has 0 aromatic heterocycles. The van der Waals surface area contributed by atoms with Crippen LogP contribution in [0.15, 0.2) is 28.7 Å². The topological polar surface area (TPSA) is 12.0 Å². The Morgan fingerprint density at radius 3 is 2.62 bits per heavy atom. The fraction of sp³-hybridized carbons (Fsp3) is 0.571. The summed E-state index contributed by atoms with van der Waals surface area (Å²) in [5.74, 6) is 0.786. The van der Waals surface area contributed by atoms with Gasteiger partial charge in [0.25, 0.3) is 0 Å². The molecule has 88 valence electrons. The zero-order chi connectivity index (χ0) is 11.6. The maximum atomic E-state index is 3.54. The van der Waals surface area contributed by atoms with Crippen molar-refractivity contribution in [3.63, 3.8) is 0 Å². The SMILES string of the molecule is CC(C)CC1(Cc2cccc(Br)c2)CNC1. The highest BCUT2D eigenvalue weighted by Crippen LogP contribution is 2.35. The second kappa shape index (κ2) is 4.89. The maximum Gasteiger partial charge on any atom is 0.0177 e. The Labute approximate surface area is 107 Å². The molecule has 16 heavy (non-hydrogen) atoms. The lowest BCUT2D eigenvalue weighted by molar-refractivity contribution is 0.131. The van der Waals surface area contributed by atoms with Gasteiger partial charge >= 0.3 is 0 Å². The summed E-state index contributed by atoms with van der Waals surface area (Å²) in [6, 6.07) is 8.72. The van der Waals surface area contributed by atoms with Crippen molar-refractivity contribution in [2.75, 3.05) is 13.1 Å². The van der Waals surface area contributed by atoms with Crippen molar-refractivity contribution in [3.05, 3.63) is 34.3 Å². The third-order valence-electron chi connectivity index (χ3n) is 3.31. The standard InChI is InChI=1S/C14H20BrN/c1-11(2)7-14(9-16-10-14)8-12-4-3-5-13(15)6-12/h3-6,11,16H,7-10H2,1-2H3. The van der Waals surface area contributed by atoms with E-state index in [2.05, 4.69) is 59.4 Å². The van der Waals surface area contributed by atoms with Crippen LogP contribution in [-0.2, 0) is 6.42 Å². The van der Waals surface area contributed by atoms with E-state index in [9.17, 15) is 0 Å². The average molecular weight is 282 g/mol. The van der Waals surface area contributed by atoms with Gasteiger partial charge in [-0.15, -0.1) is 0 Å². The summed E-state index contributed by atoms with van der Waals surface area (Å²) >= 11 is 3.54. The molecule has 2 rings (SSSR count). The lowest BCUT2D eigenvalue weighted by atomic mass is 9.71. The minimum absolute atomic E-state index is 0.509. The number of rotatable bonds is 4. The van der Waals surface area contributed by atoms with Crippen LogP contribution in [0, 0.1) is 11.3 Å². The van der Waals surface area contributed by atoms with Gasteiger partial charge in [-0.05, 0) is 41.9 Å². The molecule has 1 aromatic carbocycles. The molecule has 1 saturated heterocycles. The Balaban J connectivity index is 2.06. The molecule has 1 aliphatic heterocycles. The van der Waals surface area contributed by atoms with Gasteiger partial charge in [0.2, 0.25) is 0 Å². The summed E-state index contributed by atoms with van der Waals surface area (Å²) in [4.78, 5) is 0. The number of halogens is 1. The molecule has 1 aliphatic rings. The molecular formula is C14H20BrN. The second-order valence-corrected chi connectivity index (χ2v) is 6.42. The lowest BCUT2D eigenvalue weighted by Gasteiger charge is -2.44. The number of nitrogens with one attached hydrogen (secondary N) is 1. The first kappa shape index (κ1) is 12.1. The normalized spacial score (nSPS) is 18.5. The van der Waals surface area contributed by atoms with E-state index in [1.54, 1.807) is 0 Å². The third-order valence-corrected chi connectivity index (χ3v) is 3.80. The summed E-state index contributed by atoms with van der Waals surface area (Å²) in [6.07, 6.45) is 2.53. The Hall–Kier alpha value is -0.340. The molecule has 1 heterocycles. The fourth-order valence-corrected chi connectivity index (χ4v) is 3.21. The first-order valence-corrected chi connectivity index (χ1v) is 6.84. The molecule has 1 aromatic rings. The quantitative estimate of drug-likeness (QED) is 0.889. The highest BCUT2D eigenvalue weighted by molar-refractivity contribution is 9.10. The van der Waals surface area contributed by atoms with E-state index in [0.717, 1.165) is 5.92 Å². The van der Waals surface area contributed by atoms with E-state index in [1.807, 2.05) is 0 Å². The van der Waals surface area contributed by atoms with Crippen molar-refractivity contribution < 1.29 is 0 Å². The van der Waals surface area contributed by atoms with Gasteiger partial charge in [-0.3, -0.25) is 0 Å². The van der Waals surface area contributed by atoms with E-state index in [1.165, 1.54) is 36.0 Å². The predicted molar refractivity (Wildman–Crippen MR) is 72.6 cm³/mol. The van der Waals surface area contributed by atoms with Crippen LogP contribution in [-0.4, -0.2) is 13.1 Å². The van der Waals surface area contributed by atoms with E-state index in [0.29, 0.717) is 5.41 Å². The summed E-state index contributed by atoms with van der Waals surface area (Å²) in [7, 11) is 0. The Morgan fingerprint density at radius 1 is 1.38 bits per heavy atom.